The van der Waals surface area contributed by atoms with Gasteiger partial charge in [-0.3, -0.25) is 0 Å². The highest BCUT2D eigenvalue weighted by molar-refractivity contribution is 5.85. The molecule has 0 saturated carbocycles. The van der Waals surface area contributed by atoms with Gasteiger partial charge >= 0.3 is 0 Å². The van der Waals surface area contributed by atoms with Crippen molar-refractivity contribution < 1.29 is 0 Å². The fraction of sp³-hybridized carbons (Fsp3) is 0.263. The molecule has 0 spiro atoms. The summed E-state index contributed by atoms with van der Waals surface area (Å²) in [5.74, 6) is 0. The molecule has 22 heavy (non-hydrogen) atoms. The van der Waals surface area contributed by atoms with Gasteiger partial charge in [-0.15, -0.1) is 24.8 Å². The van der Waals surface area contributed by atoms with Crippen LogP contribution in [0.4, 0.5) is 0 Å². The summed E-state index contributed by atoms with van der Waals surface area (Å²) in [4.78, 5) is 2.26. The predicted octanol–water partition coefficient (Wildman–Crippen LogP) is 4.79. The van der Waals surface area contributed by atoms with Gasteiger partial charge in [-0.1, -0.05) is 66.7 Å². The smallest absolute Gasteiger partial charge is 0.0403 e. The summed E-state index contributed by atoms with van der Waals surface area (Å²) in [6.45, 7) is 1.08. The van der Waals surface area contributed by atoms with Gasteiger partial charge in [0.15, 0.2) is 0 Å². The molecule has 0 amide bonds. The molecule has 0 aromatic heterocycles. The fourth-order valence-corrected chi connectivity index (χ4v) is 3.12. The van der Waals surface area contributed by atoms with Crippen LogP contribution in [0.25, 0.3) is 6.08 Å². The molecule has 1 atom stereocenters. The molecule has 0 aliphatic heterocycles. The van der Waals surface area contributed by atoms with E-state index in [1.807, 2.05) is 0 Å². The lowest BCUT2D eigenvalue weighted by Gasteiger charge is -2.31. The zero-order valence-corrected chi connectivity index (χ0v) is 14.7. The lowest BCUT2D eigenvalue weighted by molar-refractivity contribution is 0.370. The van der Waals surface area contributed by atoms with E-state index in [0.717, 1.165) is 13.0 Å². The van der Waals surface area contributed by atoms with E-state index < -0.39 is 0 Å². The van der Waals surface area contributed by atoms with E-state index in [-0.39, 0.29) is 30.2 Å². The zero-order valence-electron chi connectivity index (χ0n) is 13.0. The Labute approximate surface area is 145 Å². The van der Waals surface area contributed by atoms with E-state index in [1.165, 1.54) is 16.7 Å². The molecular formula is C19H23Cl2N. The lowest BCUT2D eigenvalue weighted by Crippen LogP contribution is -2.29. The first-order chi connectivity index (χ1) is 9.72. The van der Waals surface area contributed by atoms with Crippen LogP contribution < -0.4 is 0 Å². The molecule has 3 rings (SSSR count). The lowest BCUT2D eigenvalue weighted by atomic mass is 9.73. The second kappa shape index (κ2) is 7.82. The Morgan fingerprint density at radius 3 is 2.18 bits per heavy atom. The minimum Gasteiger partial charge on any atom is -0.309 e. The average molecular weight is 336 g/mol. The van der Waals surface area contributed by atoms with Gasteiger partial charge in [0, 0.05) is 5.41 Å². The molecule has 0 fully saturated rings. The number of hydrogen-bond acceptors (Lipinski definition) is 1. The Bertz CT molecular complexity index is 622. The van der Waals surface area contributed by atoms with Crippen LogP contribution in [0.3, 0.4) is 0 Å². The molecule has 0 saturated heterocycles. The van der Waals surface area contributed by atoms with Crippen LogP contribution in [0.2, 0.25) is 0 Å². The SMILES string of the molecule is CN(C)CCC1(c2ccccc2)C=Cc2ccccc21.Cl.Cl. The minimum atomic E-state index is 0. The summed E-state index contributed by atoms with van der Waals surface area (Å²) >= 11 is 0. The number of benzene rings is 2. The monoisotopic (exact) mass is 335 g/mol. The average Bonchev–Trinajstić information content (AvgIpc) is 2.86. The first-order valence-electron chi connectivity index (χ1n) is 7.21. The van der Waals surface area contributed by atoms with Crippen molar-refractivity contribution in [3.63, 3.8) is 0 Å². The van der Waals surface area contributed by atoms with Crippen LogP contribution in [-0.4, -0.2) is 25.5 Å². The molecule has 1 aliphatic carbocycles. The predicted molar refractivity (Wildman–Crippen MR) is 100 cm³/mol. The molecule has 0 radical (unpaired) electrons. The molecular weight excluding hydrogens is 313 g/mol. The van der Waals surface area contributed by atoms with Crippen LogP contribution in [0.5, 0.6) is 0 Å². The Morgan fingerprint density at radius 1 is 0.864 bits per heavy atom. The standard InChI is InChI=1S/C19H21N.2ClH/c1-20(2)15-14-19(17-9-4-3-5-10-17)13-12-16-8-6-7-11-18(16)19;;/h3-13H,14-15H2,1-2H3;2*1H. The molecule has 0 bridgehead atoms. The number of halogens is 2. The summed E-state index contributed by atoms with van der Waals surface area (Å²) in [5, 5.41) is 0. The van der Waals surface area contributed by atoms with Crippen LogP contribution >= 0.6 is 24.8 Å². The van der Waals surface area contributed by atoms with Crippen molar-refractivity contribution in [1.29, 1.82) is 0 Å². The van der Waals surface area contributed by atoms with E-state index in [9.17, 15) is 0 Å². The third-order valence-electron chi connectivity index (χ3n) is 4.23. The maximum absolute atomic E-state index is 2.39. The number of nitrogens with zero attached hydrogens (tertiary/aromatic N) is 1. The van der Waals surface area contributed by atoms with Gasteiger partial charge in [0.2, 0.25) is 0 Å². The molecule has 2 aromatic carbocycles. The largest absolute Gasteiger partial charge is 0.309 e. The number of rotatable bonds is 4. The maximum Gasteiger partial charge on any atom is 0.0403 e. The van der Waals surface area contributed by atoms with Crippen molar-refractivity contribution in [3.05, 3.63) is 77.4 Å². The Hall–Kier alpha value is -1.28. The van der Waals surface area contributed by atoms with Crippen LogP contribution in [0, 0.1) is 0 Å². The summed E-state index contributed by atoms with van der Waals surface area (Å²) in [6, 6.07) is 19.6. The summed E-state index contributed by atoms with van der Waals surface area (Å²) in [7, 11) is 4.28. The first kappa shape index (κ1) is 18.8. The molecule has 3 heteroatoms. The van der Waals surface area contributed by atoms with E-state index in [1.54, 1.807) is 0 Å². The van der Waals surface area contributed by atoms with Crippen molar-refractivity contribution in [3.8, 4) is 0 Å². The highest BCUT2D eigenvalue weighted by Gasteiger charge is 2.35. The molecule has 1 aliphatic rings. The summed E-state index contributed by atoms with van der Waals surface area (Å²) in [6.07, 6.45) is 5.77. The van der Waals surface area contributed by atoms with Gasteiger partial charge in [-0.25, -0.2) is 0 Å². The molecule has 1 nitrogen and oxygen atoms in total. The van der Waals surface area contributed by atoms with Gasteiger partial charge in [0.1, 0.15) is 0 Å². The van der Waals surface area contributed by atoms with Gasteiger partial charge in [-0.2, -0.15) is 0 Å². The zero-order chi connectivity index (χ0) is 14.0. The third-order valence-corrected chi connectivity index (χ3v) is 4.23. The van der Waals surface area contributed by atoms with Gasteiger partial charge < -0.3 is 4.90 Å². The van der Waals surface area contributed by atoms with Crippen molar-refractivity contribution in [2.45, 2.75) is 11.8 Å². The van der Waals surface area contributed by atoms with Crippen molar-refractivity contribution >= 4 is 30.9 Å². The third kappa shape index (κ3) is 3.38. The fourth-order valence-electron chi connectivity index (χ4n) is 3.12. The Morgan fingerprint density at radius 2 is 1.50 bits per heavy atom. The highest BCUT2D eigenvalue weighted by atomic mass is 35.5. The van der Waals surface area contributed by atoms with Crippen LogP contribution in [0.15, 0.2) is 60.7 Å². The van der Waals surface area contributed by atoms with E-state index >= 15 is 0 Å². The van der Waals surface area contributed by atoms with Crippen molar-refractivity contribution in [2.75, 3.05) is 20.6 Å². The molecule has 0 heterocycles. The van der Waals surface area contributed by atoms with E-state index in [0.29, 0.717) is 0 Å². The second-order valence-electron chi connectivity index (χ2n) is 5.81. The van der Waals surface area contributed by atoms with Crippen LogP contribution in [0.1, 0.15) is 23.1 Å². The number of allylic oxidation sites excluding steroid dienone is 1. The van der Waals surface area contributed by atoms with Crippen molar-refractivity contribution in [1.82, 2.24) is 4.90 Å². The van der Waals surface area contributed by atoms with E-state index in [2.05, 4.69) is 85.7 Å². The summed E-state index contributed by atoms with van der Waals surface area (Å²) < 4.78 is 0. The molecule has 2 aromatic rings. The second-order valence-corrected chi connectivity index (χ2v) is 5.81. The number of hydrogen-bond donors (Lipinski definition) is 0. The molecule has 118 valence electrons. The molecule has 0 N–H and O–H groups in total. The van der Waals surface area contributed by atoms with Gasteiger partial charge in [0.05, 0.1) is 0 Å². The van der Waals surface area contributed by atoms with Gasteiger partial charge in [-0.05, 0) is 43.8 Å². The van der Waals surface area contributed by atoms with Crippen LogP contribution in [-0.2, 0) is 5.41 Å². The normalized spacial score (nSPS) is 18.5. The minimum absolute atomic E-state index is 0. The topological polar surface area (TPSA) is 3.24 Å². The van der Waals surface area contributed by atoms with E-state index in [4.69, 9.17) is 0 Å². The van der Waals surface area contributed by atoms with Gasteiger partial charge in [0.25, 0.3) is 0 Å². The van der Waals surface area contributed by atoms with Crippen molar-refractivity contribution in [2.24, 2.45) is 0 Å². The summed E-state index contributed by atoms with van der Waals surface area (Å²) in [5.41, 5.74) is 4.22. The molecule has 1 unspecified atom stereocenters. The highest BCUT2D eigenvalue weighted by Crippen LogP contribution is 2.43. The quantitative estimate of drug-likeness (QED) is 0.776. The Kier molecular flexibility index (Phi) is 6.67. The maximum atomic E-state index is 2.39. The number of fused-ring (bicyclic) bond motifs is 1. The first-order valence-corrected chi connectivity index (χ1v) is 7.21. The Balaban J connectivity index is 0.00000121.